The number of aromatic nitrogens is 2. The highest BCUT2D eigenvalue weighted by atomic mass is 35.5. The number of hydrogen-bond donors (Lipinski definition) is 0. The van der Waals surface area contributed by atoms with Crippen molar-refractivity contribution in [2.75, 3.05) is 0 Å². The molecule has 2 aromatic rings. The molecule has 0 amide bonds. The highest BCUT2D eigenvalue weighted by Crippen LogP contribution is 2.40. The number of fused-ring (bicyclic) bond motifs is 1. The van der Waals surface area contributed by atoms with Crippen LogP contribution in [0.4, 0.5) is 5.69 Å². The summed E-state index contributed by atoms with van der Waals surface area (Å²) in [7, 11) is 0. The average Bonchev–Trinajstić information content (AvgIpc) is 3.11. The molecule has 1 fully saturated rings. The highest BCUT2D eigenvalue weighted by molar-refractivity contribution is 6.34. The van der Waals surface area contributed by atoms with Crippen molar-refractivity contribution in [3.05, 3.63) is 39.3 Å². The predicted octanol–water partition coefficient (Wildman–Crippen LogP) is 3.07. The first kappa shape index (κ1) is 10.4. The maximum Gasteiger partial charge on any atom is 0.281 e. The lowest BCUT2D eigenvalue weighted by molar-refractivity contribution is -0.383. The van der Waals surface area contributed by atoms with Crippen LogP contribution in [0.1, 0.15) is 24.6 Å². The molecular weight excluding hydrogens is 242 g/mol. The number of nitrogens with zero attached hydrogens (tertiary/aromatic N) is 3. The van der Waals surface area contributed by atoms with E-state index in [1.54, 1.807) is 12.1 Å². The summed E-state index contributed by atoms with van der Waals surface area (Å²) in [6, 6.07) is 4.75. The zero-order valence-corrected chi connectivity index (χ0v) is 9.52. The van der Waals surface area contributed by atoms with Crippen molar-refractivity contribution >= 4 is 28.2 Å². The van der Waals surface area contributed by atoms with E-state index in [0.717, 1.165) is 12.8 Å². The first-order valence-electron chi connectivity index (χ1n) is 5.27. The van der Waals surface area contributed by atoms with E-state index in [1.807, 2.05) is 0 Å². The molecule has 1 aromatic carbocycles. The van der Waals surface area contributed by atoms with Crippen molar-refractivity contribution in [3.63, 3.8) is 0 Å². The molecule has 0 aliphatic heterocycles. The molecule has 6 heteroatoms. The third-order valence-corrected chi connectivity index (χ3v) is 3.09. The van der Waals surface area contributed by atoms with Crippen molar-refractivity contribution in [2.24, 2.45) is 0 Å². The van der Waals surface area contributed by atoms with Crippen LogP contribution in [0, 0.1) is 10.1 Å². The molecule has 1 saturated carbocycles. The molecule has 5 nitrogen and oxygen atoms in total. The van der Waals surface area contributed by atoms with Crippen LogP contribution in [0.25, 0.3) is 10.9 Å². The van der Waals surface area contributed by atoms with Crippen LogP contribution in [0.3, 0.4) is 0 Å². The van der Waals surface area contributed by atoms with E-state index >= 15 is 0 Å². The minimum Gasteiger partial charge on any atom is -0.258 e. The Balaban J connectivity index is 2.30. The van der Waals surface area contributed by atoms with Gasteiger partial charge in [-0.1, -0.05) is 17.7 Å². The molecule has 0 N–H and O–H groups in total. The van der Waals surface area contributed by atoms with Gasteiger partial charge in [0.15, 0.2) is 0 Å². The zero-order valence-electron chi connectivity index (χ0n) is 8.76. The molecule has 0 saturated heterocycles. The normalized spacial score (nSPS) is 15.1. The van der Waals surface area contributed by atoms with Crippen LogP contribution in [-0.4, -0.2) is 14.9 Å². The third-order valence-electron chi connectivity index (χ3n) is 2.81. The summed E-state index contributed by atoms with van der Waals surface area (Å²) >= 11 is 6.03. The van der Waals surface area contributed by atoms with E-state index in [-0.39, 0.29) is 10.8 Å². The largest absolute Gasteiger partial charge is 0.281 e. The van der Waals surface area contributed by atoms with Gasteiger partial charge in [0.05, 0.1) is 10.4 Å². The lowest BCUT2D eigenvalue weighted by atomic mass is 10.2. The monoisotopic (exact) mass is 249 g/mol. The average molecular weight is 250 g/mol. The lowest BCUT2D eigenvalue weighted by Crippen LogP contribution is -1.97. The number of non-ortho nitro benzene ring substituents is 1. The first-order valence-corrected chi connectivity index (χ1v) is 5.65. The number of benzene rings is 1. The van der Waals surface area contributed by atoms with E-state index in [9.17, 15) is 10.1 Å². The Labute approximate surface area is 102 Å². The van der Waals surface area contributed by atoms with Crippen LogP contribution in [0.2, 0.25) is 5.15 Å². The molecular formula is C11H8ClN3O2. The van der Waals surface area contributed by atoms with Gasteiger partial charge in [0.25, 0.3) is 5.69 Å². The Hall–Kier alpha value is -1.75. The molecule has 3 rings (SSSR count). The summed E-state index contributed by atoms with van der Waals surface area (Å²) in [6.07, 6.45) is 2.13. The minimum absolute atomic E-state index is 0.0464. The smallest absolute Gasteiger partial charge is 0.258 e. The molecule has 0 bridgehead atoms. The SMILES string of the molecule is O=[N+]([O-])c1cccc2nc(C3CC3)nc(Cl)c12. The van der Waals surface area contributed by atoms with E-state index < -0.39 is 4.92 Å². The molecule has 0 spiro atoms. The summed E-state index contributed by atoms with van der Waals surface area (Å²) < 4.78 is 0. The highest BCUT2D eigenvalue weighted by Gasteiger charge is 2.28. The molecule has 0 unspecified atom stereocenters. The molecule has 1 aliphatic rings. The van der Waals surface area contributed by atoms with Gasteiger partial charge in [0.1, 0.15) is 16.4 Å². The Bertz CT molecular complexity index is 625. The van der Waals surface area contributed by atoms with E-state index in [0.29, 0.717) is 22.6 Å². The molecule has 1 aromatic heterocycles. The molecule has 86 valence electrons. The van der Waals surface area contributed by atoms with E-state index in [1.165, 1.54) is 6.07 Å². The standard InChI is InChI=1S/C11H8ClN3O2/c12-10-9-7(2-1-3-8(9)15(16)17)13-11(14-10)6-4-5-6/h1-3,6H,4-5H2. The van der Waals surface area contributed by atoms with Crippen molar-refractivity contribution in [1.82, 2.24) is 9.97 Å². The Morgan fingerprint density at radius 1 is 1.35 bits per heavy atom. The summed E-state index contributed by atoms with van der Waals surface area (Å²) in [5.41, 5.74) is 0.496. The predicted molar refractivity (Wildman–Crippen MR) is 63.2 cm³/mol. The van der Waals surface area contributed by atoms with E-state index in [2.05, 4.69) is 9.97 Å². The zero-order chi connectivity index (χ0) is 12.0. The maximum absolute atomic E-state index is 10.9. The molecule has 17 heavy (non-hydrogen) atoms. The van der Waals surface area contributed by atoms with Gasteiger partial charge in [-0.05, 0) is 18.9 Å². The second-order valence-corrected chi connectivity index (χ2v) is 4.43. The first-order chi connectivity index (χ1) is 8.16. The second-order valence-electron chi connectivity index (χ2n) is 4.08. The topological polar surface area (TPSA) is 68.9 Å². The fourth-order valence-corrected chi connectivity index (χ4v) is 2.09. The van der Waals surface area contributed by atoms with Crippen LogP contribution < -0.4 is 0 Å². The Kier molecular flexibility index (Phi) is 2.22. The van der Waals surface area contributed by atoms with E-state index in [4.69, 9.17) is 11.6 Å². The van der Waals surface area contributed by atoms with Crippen molar-refractivity contribution in [1.29, 1.82) is 0 Å². The van der Waals surface area contributed by atoms with Crippen LogP contribution >= 0.6 is 11.6 Å². The maximum atomic E-state index is 10.9. The third kappa shape index (κ3) is 1.72. The number of nitro groups is 1. The molecule has 0 atom stereocenters. The van der Waals surface area contributed by atoms with Crippen LogP contribution in [0.5, 0.6) is 0 Å². The minimum atomic E-state index is -0.464. The molecule has 0 radical (unpaired) electrons. The van der Waals surface area contributed by atoms with Gasteiger partial charge in [-0.25, -0.2) is 9.97 Å². The van der Waals surface area contributed by atoms with Gasteiger partial charge >= 0.3 is 0 Å². The Morgan fingerprint density at radius 2 is 2.12 bits per heavy atom. The fraction of sp³-hybridized carbons (Fsp3) is 0.273. The number of nitro benzene ring substituents is 1. The van der Waals surface area contributed by atoms with Crippen LogP contribution in [-0.2, 0) is 0 Å². The summed E-state index contributed by atoms with van der Waals surface area (Å²) in [6.45, 7) is 0. The summed E-state index contributed by atoms with van der Waals surface area (Å²) in [5, 5.41) is 11.4. The fourth-order valence-electron chi connectivity index (χ4n) is 1.81. The van der Waals surface area contributed by atoms with Gasteiger partial charge in [0.2, 0.25) is 0 Å². The lowest BCUT2D eigenvalue weighted by Gasteiger charge is -2.03. The van der Waals surface area contributed by atoms with Crippen molar-refractivity contribution < 1.29 is 4.92 Å². The molecule has 1 heterocycles. The van der Waals surface area contributed by atoms with Crippen molar-refractivity contribution in [2.45, 2.75) is 18.8 Å². The van der Waals surface area contributed by atoms with Gasteiger partial charge in [-0.15, -0.1) is 0 Å². The number of halogens is 1. The second kappa shape index (κ2) is 3.63. The number of hydrogen-bond acceptors (Lipinski definition) is 4. The van der Waals surface area contributed by atoms with Gasteiger partial charge in [-0.3, -0.25) is 10.1 Å². The quantitative estimate of drug-likeness (QED) is 0.466. The summed E-state index contributed by atoms with van der Waals surface area (Å²) in [4.78, 5) is 18.9. The summed E-state index contributed by atoms with van der Waals surface area (Å²) in [5.74, 6) is 1.07. The number of rotatable bonds is 2. The Morgan fingerprint density at radius 3 is 2.76 bits per heavy atom. The van der Waals surface area contributed by atoms with Gasteiger partial charge < -0.3 is 0 Å². The van der Waals surface area contributed by atoms with Gasteiger partial charge in [0, 0.05) is 12.0 Å². The van der Waals surface area contributed by atoms with Crippen molar-refractivity contribution in [3.8, 4) is 0 Å². The molecule has 1 aliphatic carbocycles. The van der Waals surface area contributed by atoms with Gasteiger partial charge in [-0.2, -0.15) is 0 Å². The van der Waals surface area contributed by atoms with Crippen LogP contribution in [0.15, 0.2) is 18.2 Å².